The fourth-order valence-corrected chi connectivity index (χ4v) is 2.30. The summed E-state index contributed by atoms with van der Waals surface area (Å²) >= 11 is 6.13. The van der Waals surface area contributed by atoms with E-state index in [4.69, 9.17) is 11.6 Å². The van der Waals surface area contributed by atoms with E-state index in [0.717, 1.165) is 23.0 Å². The van der Waals surface area contributed by atoms with Crippen LogP contribution < -0.4 is 5.32 Å². The molecule has 1 aliphatic heterocycles. The van der Waals surface area contributed by atoms with Gasteiger partial charge in [0.1, 0.15) is 0 Å². The summed E-state index contributed by atoms with van der Waals surface area (Å²) in [6.07, 6.45) is 2.53. The molecule has 1 aromatic carbocycles. The minimum absolute atomic E-state index is 0.499. The molecule has 1 N–H and O–H groups in total. The van der Waals surface area contributed by atoms with Crippen LogP contribution in [0, 0.1) is 12.8 Å². The molecular weight excluding hydrogens is 206 g/mol. The lowest BCUT2D eigenvalue weighted by Crippen LogP contribution is -2.31. The van der Waals surface area contributed by atoms with Gasteiger partial charge in [0.15, 0.2) is 0 Å². The highest BCUT2D eigenvalue weighted by Gasteiger charge is 2.18. The lowest BCUT2D eigenvalue weighted by atomic mass is 9.92. The van der Waals surface area contributed by atoms with Crippen molar-refractivity contribution in [3.63, 3.8) is 0 Å². The van der Waals surface area contributed by atoms with E-state index >= 15 is 0 Å². The van der Waals surface area contributed by atoms with Crippen molar-refractivity contribution in [1.29, 1.82) is 0 Å². The first-order valence-corrected chi connectivity index (χ1v) is 6.04. The van der Waals surface area contributed by atoms with Crippen molar-refractivity contribution in [2.45, 2.75) is 32.7 Å². The number of rotatable bonds is 1. The van der Waals surface area contributed by atoms with Crippen molar-refractivity contribution in [3.8, 4) is 0 Å². The van der Waals surface area contributed by atoms with Crippen molar-refractivity contribution in [2.75, 3.05) is 6.54 Å². The highest BCUT2D eigenvalue weighted by atomic mass is 35.5. The molecule has 1 heterocycles. The van der Waals surface area contributed by atoms with E-state index in [9.17, 15) is 0 Å². The van der Waals surface area contributed by atoms with Crippen LogP contribution in [0.1, 0.15) is 36.9 Å². The first-order valence-electron chi connectivity index (χ1n) is 5.66. The van der Waals surface area contributed by atoms with Crippen LogP contribution in [0.3, 0.4) is 0 Å². The lowest BCUT2D eigenvalue weighted by Gasteiger charge is -2.28. The van der Waals surface area contributed by atoms with Gasteiger partial charge in [-0.2, -0.15) is 0 Å². The largest absolute Gasteiger partial charge is 0.310 e. The minimum atomic E-state index is 0.499. The normalized spacial score (nSPS) is 26.6. The summed E-state index contributed by atoms with van der Waals surface area (Å²) in [4.78, 5) is 0. The van der Waals surface area contributed by atoms with Gasteiger partial charge in [-0.1, -0.05) is 30.7 Å². The highest BCUT2D eigenvalue weighted by molar-refractivity contribution is 6.31. The summed E-state index contributed by atoms with van der Waals surface area (Å²) in [5, 5.41) is 4.46. The Bertz CT molecular complexity index is 340. The van der Waals surface area contributed by atoms with Crippen molar-refractivity contribution < 1.29 is 0 Å². The molecule has 1 aliphatic rings. The van der Waals surface area contributed by atoms with E-state index in [2.05, 4.69) is 30.4 Å². The molecule has 82 valence electrons. The van der Waals surface area contributed by atoms with Crippen LogP contribution in [0.5, 0.6) is 0 Å². The SMILES string of the molecule is Cc1ccc(C2CCC(C)CN2)cc1Cl. The molecule has 1 nitrogen and oxygen atoms in total. The predicted molar refractivity (Wildman–Crippen MR) is 65.3 cm³/mol. The third-order valence-corrected chi connectivity index (χ3v) is 3.67. The Kier molecular flexibility index (Phi) is 3.32. The second-order valence-electron chi connectivity index (χ2n) is 4.65. The second kappa shape index (κ2) is 4.54. The van der Waals surface area contributed by atoms with E-state index in [0.29, 0.717) is 6.04 Å². The van der Waals surface area contributed by atoms with Crippen LogP contribution in [-0.2, 0) is 0 Å². The molecule has 1 aromatic rings. The average Bonchev–Trinajstić information content (AvgIpc) is 2.23. The van der Waals surface area contributed by atoms with Crippen LogP contribution in [0.15, 0.2) is 18.2 Å². The maximum Gasteiger partial charge on any atom is 0.0438 e. The zero-order valence-electron chi connectivity index (χ0n) is 9.39. The van der Waals surface area contributed by atoms with Crippen LogP contribution in [0.4, 0.5) is 0 Å². The Labute approximate surface area is 96.8 Å². The van der Waals surface area contributed by atoms with E-state index < -0.39 is 0 Å². The number of hydrogen-bond acceptors (Lipinski definition) is 1. The van der Waals surface area contributed by atoms with Gasteiger partial charge in [0.25, 0.3) is 0 Å². The summed E-state index contributed by atoms with van der Waals surface area (Å²) in [5.74, 6) is 0.808. The monoisotopic (exact) mass is 223 g/mol. The van der Waals surface area contributed by atoms with Crippen molar-refractivity contribution in [2.24, 2.45) is 5.92 Å². The zero-order valence-corrected chi connectivity index (χ0v) is 10.1. The smallest absolute Gasteiger partial charge is 0.0438 e. The van der Waals surface area contributed by atoms with Gasteiger partial charge in [0, 0.05) is 11.1 Å². The predicted octanol–water partition coefficient (Wildman–Crippen LogP) is 3.71. The van der Waals surface area contributed by atoms with Crippen molar-refractivity contribution >= 4 is 11.6 Å². The van der Waals surface area contributed by atoms with Crippen LogP contribution in [0.25, 0.3) is 0 Å². The van der Waals surface area contributed by atoms with Gasteiger partial charge in [-0.05, 0) is 49.4 Å². The van der Waals surface area contributed by atoms with E-state index in [1.807, 2.05) is 6.92 Å². The Morgan fingerprint density at radius 3 is 2.73 bits per heavy atom. The Morgan fingerprint density at radius 2 is 2.13 bits per heavy atom. The van der Waals surface area contributed by atoms with Gasteiger partial charge in [0.05, 0.1) is 0 Å². The molecule has 2 unspecified atom stereocenters. The van der Waals surface area contributed by atoms with E-state index in [-0.39, 0.29) is 0 Å². The number of nitrogens with one attached hydrogen (secondary N) is 1. The molecule has 15 heavy (non-hydrogen) atoms. The summed E-state index contributed by atoms with van der Waals surface area (Å²) < 4.78 is 0. The number of hydrogen-bond donors (Lipinski definition) is 1. The molecular formula is C13H18ClN. The molecule has 2 atom stereocenters. The van der Waals surface area contributed by atoms with Crippen molar-refractivity contribution in [3.05, 3.63) is 34.3 Å². The maximum absolute atomic E-state index is 6.13. The quantitative estimate of drug-likeness (QED) is 0.766. The Morgan fingerprint density at radius 1 is 1.33 bits per heavy atom. The fourth-order valence-electron chi connectivity index (χ4n) is 2.11. The van der Waals surface area contributed by atoms with Gasteiger partial charge in [-0.25, -0.2) is 0 Å². The summed E-state index contributed by atoms with van der Waals surface area (Å²) in [5.41, 5.74) is 2.49. The second-order valence-corrected chi connectivity index (χ2v) is 5.06. The van der Waals surface area contributed by atoms with E-state index in [1.54, 1.807) is 0 Å². The molecule has 0 amide bonds. The third-order valence-electron chi connectivity index (χ3n) is 3.26. The molecule has 0 spiro atoms. The average molecular weight is 224 g/mol. The molecule has 0 aliphatic carbocycles. The topological polar surface area (TPSA) is 12.0 Å². The first-order chi connectivity index (χ1) is 7.16. The minimum Gasteiger partial charge on any atom is -0.310 e. The van der Waals surface area contributed by atoms with Gasteiger partial charge < -0.3 is 5.32 Å². The van der Waals surface area contributed by atoms with Gasteiger partial charge in [-0.15, -0.1) is 0 Å². The zero-order chi connectivity index (χ0) is 10.8. The van der Waals surface area contributed by atoms with Gasteiger partial charge in [0.2, 0.25) is 0 Å². The molecule has 2 heteroatoms. The van der Waals surface area contributed by atoms with Crippen LogP contribution >= 0.6 is 11.6 Å². The molecule has 2 rings (SSSR count). The molecule has 0 radical (unpaired) electrons. The first kappa shape index (κ1) is 11.0. The molecule has 1 saturated heterocycles. The molecule has 0 bridgehead atoms. The van der Waals surface area contributed by atoms with Crippen LogP contribution in [-0.4, -0.2) is 6.54 Å². The Hall–Kier alpha value is -0.530. The van der Waals surface area contributed by atoms with Gasteiger partial charge in [-0.3, -0.25) is 0 Å². The molecule has 1 fully saturated rings. The van der Waals surface area contributed by atoms with Gasteiger partial charge >= 0.3 is 0 Å². The molecule has 0 saturated carbocycles. The van der Waals surface area contributed by atoms with E-state index in [1.165, 1.54) is 18.4 Å². The summed E-state index contributed by atoms with van der Waals surface area (Å²) in [6, 6.07) is 6.90. The lowest BCUT2D eigenvalue weighted by molar-refractivity contribution is 0.333. The standard InChI is InChI=1S/C13H18ClN/c1-9-3-6-13(15-8-9)11-5-4-10(2)12(14)7-11/h4-5,7,9,13,15H,3,6,8H2,1-2H3. The maximum atomic E-state index is 6.13. The Balaban J connectivity index is 2.12. The number of aryl methyl sites for hydroxylation is 1. The third kappa shape index (κ3) is 2.53. The van der Waals surface area contributed by atoms with Crippen LogP contribution in [0.2, 0.25) is 5.02 Å². The fraction of sp³-hybridized carbons (Fsp3) is 0.538. The molecule has 0 aromatic heterocycles. The van der Waals surface area contributed by atoms with Crippen molar-refractivity contribution in [1.82, 2.24) is 5.32 Å². The number of piperidine rings is 1. The highest BCUT2D eigenvalue weighted by Crippen LogP contribution is 2.28. The summed E-state index contributed by atoms with van der Waals surface area (Å²) in [6.45, 7) is 5.46. The summed E-state index contributed by atoms with van der Waals surface area (Å²) in [7, 11) is 0. The number of benzene rings is 1. The number of halogens is 1.